The van der Waals surface area contributed by atoms with E-state index in [9.17, 15) is 0 Å². The molecule has 12 heavy (non-hydrogen) atoms. The zero-order valence-corrected chi connectivity index (χ0v) is 9.30. The van der Waals surface area contributed by atoms with E-state index < -0.39 is 0 Å². The molecule has 3 nitrogen and oxygen atoms in total. The molecule has 0 radical (unpaired) electrons. The molecule has 0 amide bonds. The van der Waals surface area contributed by atoms with Crippen molar-refractivity contribution in [1.29, 1.82) is 0 Å². The van der Waals surface area contributed by atoms with Gasteiger partial charge >= 0.3 is 0 Å². The van der Waals surface area contributed by atoms with Crippen molar-refractivity contribution in [1.82, 2.24) is 9.78 Å². The van der Waals surface area contributed by atoms with Gasteiger partial charge in [-0.05, 0) is 22.0 Å². The van der Waals surface area contributed by atoms with Gasteiger partial charge in [-0.25, -0.2) is 0 Å². The quantitative estimate of drug-likeness (QED) is 0.847. The largest absolute Gasteiger partial charge is 0.396 e. The molecule has 0 saturated heterocycles. The summed E-state index contributed by atoms with van der Waals surface area (Å²) in [6.07, 6.45) is 0.662. The standard InChI is InChI=1S/C6H9BrN2O.C2H6/c1-9-5(2-3-10)4-6(7)8-9;1-2/h4,10H,2-3H2,1H3;1-2H3. The molecule has 1 aromatic heterocycles. The molecular weight excluding hydrogens is 220 g/mol. The molecule has 0 aromatic carbocycles. The molecule has 1 rings (SSSR count). The summed E-state index contributed by atoms with van der Waals surface area (Å²) in [5, 5.41) is 12.6. The van der Waals surface area contributed by atoms with Crippen LogP contribution in [-0.2, 0) is 13.5 Å². The van der Waals surface area contributed by atoms with Crippen LogP contribution in [0.4, 0.5) is 0 Å². The van der Waals surface area contributed by atoms with Crippen LogP contribution in [-0.4, -0.2) is 21.5 Å². The number of hydrogen-bond donors (Lipinski definition) is 1. The smallest absolute Gasteiger partial charge is 0.128 e. The Morgan fingerprint density at radius 1 is 1.58 bits per heavy atom. The predicted octanol–water partition coefficient (Wildman–Crippen LogP) is 1.74. The molecule has 0 unspecified atom stereocenters. The van der Waals surface area contributed by atoms with Crippen molar-refractivity contribution < 1.29 is 5.11 Å². The molecule has 0 bridgehead atoms. The number of aromatic nitrogens is 2. The van der Waals surface area contributed by atoms with Gasteiger partial charge in [-0.2, -0.15) is 5.10 Å². The highest BCUT2D eigenvalue weighted by Crippen LogP contribution is 2.09. The number of hydrogen-bond acceptors (Lipinski definition) is 2. The Morgan fingerprint density at radius 2 is 2.17 bits per heavy atom. The highest BCUT2D eigenvalue weighted by atomic mass is 79.9. The first-order chi connectivity index (χ1) is 5.74. The third kappa shape index (κ3) is 3.36. The topological polar surface area (TPSA) is 38.0 Å². The van der Waals surface area contributed by atoms with Gasteiger partial charge in [-0.1, -0.05) is 13.8 Å². The summed E-state index contributed by atoms with van der Waals surface area (Å²) in [6.45, 7) is 4.17. The second-order valence-electron chi connectivity index (χ2n) is 2.06. The Labute approximate surface area is 81.5 Å². The van der Waals surface area contributed by atoms with Crippen LogP contribution >= 0.6 is 15.9 Å². The van der Waals surface area contributed by atoms with Gasteiger partial charge in [0.2, 0.25) is 0 Å². The minimum atomic E-state index is 0.173. The normalized spacial score (nSPS) is 9.08. The Hall–Kier alpha value is -0.350. The van der Waals surface area contributed by atoms with E-state index in [4.69, 9.17) is 5.11 Å². The molecule has 0 atom stereocenters. The lowest BCUT2D eigenvalue weighted by Gasteiger charge is -1.95. The molecule has 0 spiro atoms. The maximum atomic E-state index is 8.60. The van der Waals surface area contributed by atoms with Crippen LogP contribution in [0, 0.1) is 0 Å². The first kappa shape index (κ1) is 11.6. The zero-order valence-electron chi connectivity index (χ0n) is 7.71. The Morgan fingerprint density at radius 3 is 2.50 bits per heavy atom. The fourth-order valence-electron chi connectivity index (χ4n) is 0.816. The van der Waals surface area contributed by atoms with Gasteiger partial charge in [-0.3, -0.25) is 4.68 Å². The van der Waals surface area contributed by atoms with Crippen LogP contribution in [0.1, 0.15) is 19.5 Å². The lowest BCUT2D eigenvalue weighted by Crippen LogP contribution is -2.00. The van der Waals surface area contributed by atoms with E-state index >= 15 is 0 Å². The van der Waals surface area contributed by atoms with E-state index in [0.717, 1.165) is 10.3 Å². The molecule has 70 valence electrons. The highest BCUT2D eigenvalue weighted by molar-refractivity contribution is 9.10. The number of aryl methyl sites for hydroxylation is 1. The maximum absolute atomic E-state index is 8.60. The van der Waals surface area contributed by atoms with Crippen molar-refractivity contribution in [2.75, 3.05) is 6.61 Å². The van der Waals surface area contributed by atoms with E-state index in [0.29, 0.717) is 6.42 Å². The summed E-state index contributed by atoms with van der Waals surface area (Å²) in [4.78, 5) is 0. The van der Waals surface area contributed by atoms with Gasteiger partial charge in [0.1, 0.15) is 4.60 Å². The monoisotopic (exact) mass is 234 g/mol. The number of rotatable bonds is 2. The van der Waals surface area contributed by atoms with Crippen LogP contribution < -0.4 is 0 Å². The van der Waals surface area contributed by atoms with Crippen molar-refractivity contribution in [3.05, 3.63) is 16.4 Å². The molecular formula is C8H15BrN2O. The average molecular weight is 235 g/mol. The molecule has 1 N–H and O–H groups in total. The van der Waals surface area contributed by atoms with Crippen LogP contribution in [0.15, 0.2) is 10.7 Å². The first-order valence-electron chi connectivity index (χ1n) is 4.03. The highest BCUT2D eigenvalue weighted by Gasteiger charge is 2.00. The number of halogens is 1. The third-order valence-electron chi connectivity index (χ3n) is 1.31. The van der Waals surface area contributed by atoms with Gasteiger partial charge < -0.3 is 5.11 Å². The molecule has 0 saturated carbocycles. The molecule has 0 aliphatic carbocycles. The predicted molar refractivity (Wildman–Crippen MR) is 53.0 cm³/mol. The van der Waals surface area contributed by atoms with Crippen molar-refractivity contribution in [2.24, 2.45) is 7.05 Å². The molecule has 0 fully saturated rings. The van der Waals surface area contributed by atoms with E-state index in [2.05, 4.69) is 21.0 Å². The van der Waals surface area contributed by atoms with Crippen LogP contribution in [0.5, 0.6) is 0 Å². The summed E-state index contributed by atoms with van der Waals surface area (Å²) in [5.41, 5.74) is 1.04. The number of aliphatic hydroxyl groups excluding tert-OH is 1. The van der Waals surface area contributed by atoms with E-state index in [1.165, 1.54) is 0 Å². The molecule has 0 aliphatic heterocycles. The fraction of sp³-hybridized carbons (Fsp3) is 0.625. The summed E-state index contributed by atoms with van der Waals surface area (Å²) in [5.74, 6) is 0. The third-order valence-corrected chi connectivity index (χ3v) is 1.70. The summed E-state index contributed by atoms with van der Waals surface area (Å²) >= 11 is 3.24. The van der Waals surface area contributed by atoms with E-state index in [1.54, 1.807) is 4.68 Å². The van der Waals surface area contributed by atoms with Crippen LogP contribution in [0.25, 0.3) is 0 Å². The molecule has 4 heteroatoms. The van der Waals surface area contributed by atoms with Gasteiger partial charge in [0, 0.05) is 25.8 Å². The van der Waals surface area contributed by atoms with Crippen LogP contribution in [0.2, 0.25) is 0 Å². The SMILES string of the molecule is CC.Cn1nc(Br)cc1CCO. The van der Waals surface area contributed by atoms with Gasteiger partial charge in [0.25, 0.3) is 0 Å². The van der Waals surface area contributed by atoms with Gasteiger partial charge in [0.05, 0.1) is 0 Å². The Bertz CT molecular complexity index is 223. The van der Waals surface area contributed by atoms with Crippen molar-refractivity contribution in [3.8, 4) is 0 Å². The average Bonchev–Trinajstić information content (AvgIpc) is 2.35. The van der Waals surface area contributed by atoms with Crippen LogP contribution in [0.3, 0.4) is 0 Å². The maximum Gasteiger partial charge on any atom is 0.128 e. The lowest BCUT2D eigenvalue weighted by molar-refractivity contribution is 0.296. The van der Waals surface area contributed by atoms with E-state index in [-0.39, 0.29) is 6.61 Å². The zero-order chi connectivity index (χ0) is 9.56. The van der Waals surface area contributed by atoms with Crippen molar-refractivity contribution in [3.63, 3.8) is 0 Å². The second kappa shape index (κ2) is 6.20. The first-order valence-corrected chi connectivity index (χ1v) is 4.82. The van der Waals surface area contributed by atoms with Gasteiger partial charge in [-0.15, -0.1) is 0 Å². The minimum Gasteiger partial charge on any atom is -0.396 e. The van der Waals surface area contributed by atoms with Crippen molar-refractivity contribution >= 4 is 15.9 Å². The summed E-state index contributed by atoms with van der Waals surface area (Å²) < 4.78 is 2.57. The van der Waals surface area contributed by atoms with Crippen molar-refractivity contribution in [2.45, 2.75) is 20.3 Å². The van der Waals surface area contributed by atoms with E-state index in [1.807, 2.05) is 27.0 Å². The Kier molecular flexibility index (Phi) is 6.02. The lowest BCUT2D eigenvalue weighted by atomic mass is 10.3. The summed E-state index contributed by atoms with van der Waals surface area (Å²) in [6, 6.07) is 1.90. The Balaban J connectivity index is 0.000000561. The number of nitrogens with zero attached hydrogens (tertiary/aromatic N) is 2. The molecule has 1 heterocycles. The second-order valence-corrected chi connectivity index (χ2v) is 2.87. The fourth-order valence-corrected chi connectivity index (χ4v) is 1.32. The molecule has 1 aromatic rings. The molecule has 0 aliphatic rings. The van der Waals surface area contributed by atoms with Gasteiger partial charge in [0.15, 0.2) is 0 Å². The summed E-state index contributed by atoms with van der Waals surface area (Å²) in [7, 11) is 1.86. The number of aliphatic hydroxyl groups is 1. The minimum absolute atomic E-state index is 0.173.